The van der Waals surface area contributed by atoms with Gasteiger partial charge in [-0.25, -0.2) is 9.97 Å². The highest BCUT2D eigenvalue weighted by Crippen LogP contribution is 2.42. The van der Waals surface area contributed by atoms with Crippen molar-refractivity contribution in [2.45, 2.75) is 45.6 Å². The van der Waals surface area contributed by atoms with Crippen molar-refractivity contribution in [2.75, 3.05) is 6.54 Å². The third-order valence-corrected chi connectivity index (χ3v) is 4.27. The van der Waals surface area contributed by atoms with E-state index in [4.69, 9.17) is 9.97 Å². The maximum Gasteiger partial charge on any atom is 0.159 e. The van der Waals surface area contributed by atoms with Crippen molar-refractivity contribution in [3.05, 3.63) is 40.5 Å². The molecule has 1 fully saturated rings. The Morgan fingerprint density at radius 1 is 1.05 bits per heavy atom. The summed E-state index contributed by atoms with van der Waals surface area (Å²) < 4.78 is 0. The first-order valence-electron chi connectivity index (χ1n) is 7.77. The molecule has 4 heteroatoms. The molecule has 1 aliphatic heterocycles. The van der Waals surface area contributed by atoms with Gasteiger partial charge in [-0.15, -0.1) is 0 Å². The standard InChI is InChI=1S/C17H20N4/c1-10-7-13(8-11(2)19-10)17-20-15-5-6-18-9-14(15)16(21-17)12-3-4-12/h7-8,12,18H,3-6,9H2,1-2H3. The molecule has 2 aromatic heterocycles. The first-order chi connectivity index (χ1) is 10.2. The van der Waals surface area contributed by atoms with Crippen LogP contribution in [0.15, 0.2) is 12.1 Å². The Hall–Kier alpha value is -1.81. The Morgan fingerprint density at radius 3 is 2.52 bits per heavy atom. The van der Waals surface area contributed by atoms with E-state index in [2.05, 4.69) is 22.4 Å². The van der Waals surface area contributed by atoms with Crippen LogP contribution < -0.4 is 5.32 Å². The molecule has 0 atom stereocenters. The minimum Gasteiger partial charge on any atom is -0.312 e. The summed E-state index contributed by atoms with van der Waals surface area (Å²) in [5.74, 6) is 1.54. The molecule has 108 valence electrons. The molecule has 4 rings (SSSR count). The van der Waals surface area contributed by atoms with Crippen LogP contribution >= 0.6 is 0 Å². The average molecular weight is 280 g/mol. The summed E-state index contributed by atoms with van der Waals surface area (Å²) in [5.41, 5.74) is 7.04. The molecule has 3 heterocycles. The molecule has 0 spiro atoms. The van der Waals surface area contributed by atoms with Gasteiger partial charge in [-0.1, -0.05) is 0 Å². The summed E-state index contributed by atoms with van der Waals surface area (Å²) in [6, 6.07) is 4.18. The van der Waals surface area contributed by atoms with Gasteiger partial charge in [0.25, 0.3) is 0 Å². The van der Waals surface area contributed by atoms with E-state index in [0.717, 1.165) is 42.3 Å². The van der Waals surface area contributed by atoms with Gasteiger partial charge in [0, 0.05) is 47.9 Å². The third-order valence-electron chi connectivity index (χ3n) is 4.27. The van der Waals surface area contributed by atoms with Crippen LogP contribution in [0.3, 0.4) is 0 Å². The van der Waals surface area contributed by atoms with Crippen LogP contribution in [0.2, 0.25) is 0 Å². The van der Waals surface area contributed by atoms with Crippen LogP contribution in [0.25, 0.3) is 11.4 Å². The minimum absolute atomic E-state index is 0.657. The van der Waals surface area contributed by atoms with Gasteiger partial charge in [0.05, 0.1) is 11.4 Å². The second kappa shape index (κ2) is 4.88. The van der Waals surface area contributed by atoms with Crippen LogP contribution in [0.1, 0.15) is 47.1 Å². The van der Waals surface area contributed by atoms with Crippen molar-refractivity contribution in [1.82, 2.24) is 20.3 Å². The topological polar surface area (TPSA) is 50.7 Å². The lowest BCUT2D eigenvalue weighted by Gasteiger charge is -2.20. The zero-order chi connectivity index (χ0) is 14.4. The number of pyridine rings is 1. The molecule has 0 radical (unpaired) electrons. The van der Waals surface area contributed by atoms with Gasteiger partial charge in [0.2, 0.25) is 0 Å². The molecule has 0 bridgehead atoms. The van der Waals surface area contributed by atoms with Gasteiger partial charge in [-0.05, 0) is 38.8 Å². The van der Waals surface area contributed by atoms with E-state index in [1.807, 2.05) is 13.8 Å². The second-order valence-corrected chi connectivity index (χ2v) is 6.20. The van der Waals surface area contributed by atoms with Crippen molar-refractivity contribution in [3.63, 3.8) is 0 Å². The average Bonchev–Trinajstić information content (AvgIpc) is 3.29. The maximum absolute atomic E-state index is 4.92. The van der Waals surface area contributed by atoms with Crippen LogP contribution in [0.5, 0.6) is 0 Å². The number of rotatable bonds is 2. The van der Waals surface area contributed by atoms with Gasteiger partial charge in [-0.3, -0.25) is 4.98 Å². The molecule has 0 amide bonds. The van der Waals surface area contributed by atoms with Crippen molar-refractivity contribution >= 4 is 0 Å². The SMILES string of the molecule is Cc1cc(-c2nc3c(c(C4CC4)n2)CNCC3)cc(C)n1. The molecule has 0 unspecified atom stereocenters. The third kappa shape index (κ3) is 2.44. The summed E-state index contributed by atoms with van der Waals surface area (Å²) in [4.78, 5) is 14.2. The van der Waals surface area contributed by atoms with Crippen molar-refractivity contribution < 1.29 is 0 Å². The molecule has 0 saturated heterocycles. The Morgan fingerprint density at radius 2 is 1.81 bits per heavy atom. The Bertz CT molecular complexity index is 684. The number of fused-ring (bicyclic) bond motifs is 1. The molecular weight excluding hydrogens is 260 g/mol. The normalized spacial score (nSPS) is 17.6. The molecule has 0 aromatic carbocycles. The minimum atomic E-state index is 0.657. The van der Waals surface area contributed by atoms with Gasteiger partial charge < -0.3 is 5.32 Å². The summed E-state index contributed by atoms with van der Waals surface area (Å²) in [5, 5.41) is 3.45. The van der Waals surface area contributed by atoms with Crippen LogP contribution in [-0.4, -0.2) is 21.5 Å². The number of aryl methyl sites for hydroxylation is 2. The molecule has 21 heavy (non-hydrogen) atoms. The van der Waals surface area contributed by atoms with Crippen LogP contribution in [-0.2, 0) is 13.0 Å². The number of nitrogens with one attached hydrogen (secondary N) is 1. The fraction of sp³-hybridized carbons (Fsp3) is 0.471. The fourth-order valence-corrected chi connectivity index (χ4v) is 3.16. The monoisotopic (exact) mass is 280 g/mol. The van der Waals surface area contributed by atoms with Gasteiger partial charge in [0.1, 0.15) is 0 Å². The maximum atomic E-state index is 4.92. The van der Waals surface area contributed by atoms with Crippen LogP contribution in [0.4, 0.5) is 0 Å². The summed E-state index contributed by atoms with van der Waals surface area (Å²) in [6.45, 7) is 6.00. The fourth-order valence-electron chi connectivity index (χ4n) is 3.16. The lowest BCUT2D eigenvalue weighted by atomic mass is 10.0. The van der Waals surface area contributed by atoms with E-state index in [1.165, 1.54) is 29.8 Å². The first-order valence-corrected chi connectivity index (χ1v) is 7.77. The van der Waals surface area contributed by atoms with E-state index in [1.54, 1.807) is 0 Å². The highest BCUT2D eigenvalue weighted by atomic mass is 15.0. The molecule has 1 saturated carbocycles. The van der Waals surface area contributed by atoms with Gasteiger partial charge in [-0.2, -0.15) is 0 Å². The van der Waals surface area contributed by atoms with E-state index >= 15 is 0 Å². The Labute approximate surface area is 125 Å². The number of hydrogen-bond acceptors (Lipinski definition) is 4. The van der Waals surface area contributed by atoms with E-state index < -0.39 is 0 Å². The zero-order valence-corrected chi connectivity index (χ0v) is 12.6. The molecule has 1 N–H and O–H groups in total. The van der Waals surface area contributed by atoms with Crippen LogP contribution in [0, 0.1) is 13.8 Å². The lowest BCUT2D eigenvalue weighted by Crippen LogP contribution is -2.26. The molecule has 4 nitrogen and oxygen atoms in total. The zero-order valence-electron chi connectivity index (χ0n) is 12.6. The quantitative estimate of drug-likeness (QED) is 0.919. The second-order valence-electron chi connectivity index (χ2n) is 6.20. The van der Waals surface area contributed by atoms with Crippen molar-refractivity contribution in [2.24, 2.45) is 0 Å². The molecule has 1 aliphatic carbocycles. The van der Waals surface area contributed by atoms with E-state index in [0.29, 0.717) is 5.92 Å². The number of aromatic nitrogens is 3. The molecule has 2 aromatic rings. The summed E-state index contributed by atoms with van der Waals surface area (Å²) >= 11 is 0. The molecular formula is C17H20N4. The predicted molar refractivity (Wildman–Crippen MR) is 82.1 cm³/mol. The number of nitrogens with zero attached hydrogens (tertiary/aromatic N) is 3. The van der Waals surface area contributed by atoms with Crippen molar-refractivity contribution in [3.8, 4) is 11.4 Å². The first kappa shape index (κ1) is 12.9. The van der Waals surface area contributed by atoms with Crippen molar-refractivity contribution in [1.29, 1.82) is 0 Å². The smallest absolute Gasteiger partial charge is 0.159 e. The number of hydrogen-bond donors (Lipinski definition) is 1. The molecule has 2 aliphatic rings. The highest BCUT2D eigenvalue weighted by Gasteiger charge is 2.30. The largest absolute Gasteiger partial charge is 0.312 e. The van der Waals surface area contributed by atoms with E-state index in [-0.39, 0.29) is 0 Å². The lowest BCUT2D eigenvalue weighted by molar-refractivity contribution is 0.617. The Kier molecular flexibility index (Phi) is 3.00. The van der Waals surface area contributed by atoms with E-state index in [9.17, 15) is 0 Å². The van der Waals surface area contributed by atoms with Gasteiger partial charge >= 0.3 is 0 Å². The highest BCUT2D eigenvalue weighted by molar-refractivity contribution is 5.57. The summed E-state index contributed by atoms with van der Waals surface area (Å²) in [7, 11) is 0. The predicted octanol–water partition coefficient (Wildman–Crippen LogP) is 2.68. The summed E-state index contributed by atoms with van der Waals surface area (Å²) in [6.07, 6.45) is 3.56. The van der Waals surface area contributed by atoms with Gasteiger partial charge in [0.15, 0.2) is 5.82 Å². The Balaban J connectivity index is 1.87.